The third-order valence-corrected chi connectivity index (χ3v) is 2.53. The van der Waals surface area contributed by atoms with Crippen molar-refractivity contribution in [3.63, 3.8) is 0 Å². The smallest absolute Gasteiger partial charge is 0.328 e. The molecule has 1 saturated heterocycles. The molecule has 5 nitrogen and oxygen atoms in total. The van der Waals surface area contributed by atoms with Gasteiger partial charge in [0.2, 0.25) is 5.91 Å². The van der Waals surface area contributed by atoms with Crippen molar-refractivity contribution in [3.05, 3.63) is 0 Å². The minimum atomic E-state index is -0.494. The van der Waals surface area contributed by atoms with Crippen LogP contribution in [0.25, 0.3) is 0 Å². The van der Waals surface area contributed by atoms with E-state index < -0.39 is 6.04 Å². The maximum absolute atomic E-state index is 11.7. The number of ketones is 1. The summed E-state index contributed by atoms with van der Waals surface area (Å²) in [5.41, 5.74) is 0. The molecule has 16 heavy (non-hydrogen) atoms. The van der Waals surface area contributed by atoms with Crippen LogP contribution in [0.5, 0.6) is 0 Å². The second-order valence-electron chi connectivity index (χ2n) is 3.88. The highest BCUT2D eigenvalue weighted by atomic mass is 16.5. The van der Waals surface area contributed by atoms with Crippen LogP contribution in [0.4, 0.5) is 0 Å². The first-order valence-corrected chi connectivity index (χ1v) is 5.51. The van der Waals surface area contributed by atoms with Crippen LogP contribution >= 0.6 is 0 Å². The van der Waals surface area contributed by atoms with E-state index in [1.54, 1.807) is 6.92 Å². The third kappa shape index (κ3) is 3.05. The molecular weight excluding hydrogens is 210 g/mol. The van der Waals surface area contributed by atoms with E-state index in [0.29, 0.717) is 19.6 Å². The largest absolute Gasteiger partial charge is 0.464 e. The molecule has 0 saturated carbocycles. The number of Topliss-reactive ketones (excluding diaryl/α,β-unsaturated/α-hetero) is 1. The number of carbonyl (C=O) groups excluding carboxylic acids is 3. The van der Waals surface area contributed by atoms with E-state index in [4.69, 9.17) is 4.74 Å². The summed E-state index contributed by atoms with van der Waals surface area (Å²) in [7, 11) is 0. The third-order valence-electron chi connectivity index (χ3n) is 2.53. The maximum Gasteiger partial charge on any atom is 0.328 e. The van der Waals surface area contributed by atoms with Crippen molar-refractivity contribution >= 4 is 17.7 Å². The number of amides is 1. The number of rotatable bonds is 4. The molecular formula is C11H17NO4. The zero-order valence-corrected chi connectivity index (χ0v) is 9.69. The topological polar surface area (TPSA) is 63.7 Å². The summed E-state index contributed by atoms with van der Waals surface area (Å²) in [5, 5.41) is 0. The Kier molecular flexibility index (Phi) is 4.46. The highest BCUT2D eigenvalue weighted by Gasteiger charge is 2.35. The van der Waals surface area contributed by atoms with Crippen molar-refractivity contribution in [2.24, 2.45) is 0 Å². The first-order chi connectivity index (χ1) is 7.56. The molecule has 0 radical (unpaired) electrons. The fraction of sp³-hybridized carbons (Fsp3) is 0.727. The average Bonchev–Trinajstić information content (AvgIpc) is 2.65. The number of ether oxygens (including phenoxy) is 1. The van der Waals surface area contributed by atoms with E-state index >= 15 is 0 Å². The standard InChI is InChI=1S/C11H17NO4/c1-3-16-11(15)9-5-4-6-12(9)10(14)7-8(2)13/h9H,3-7H2,1-2H3. The summed E-state index contributed by atoms with van der Waals surface area (Å²) in [6.07, 6.45) is 1.28. The summed E-state index contributed by atoms with van der Waals surface area (Å²) in [5.74, 6) is -0.820. The Hall–Kier alpha value is -1.39. The second kappa shape index (κ2) is 5.63. The van der Waals surface area contributed by atoms with E-state index in [0.717, 1.165) is 6.42 Å². The lowest BCUT2D eigenvalue weighted by atomic mass is 10.2. The number of carbonyl (C=O) groups is 3. The Morgan fingerprint density at radius 2 is 2.06 bits per heavy atom. The van der Waals surface area contributed by atoms with Gasteiger partial charge in [-0.05, 0) is 26.7 Å². The van der Waals surface area contributed by atoms with Gasteiger partial charge in [0.15, 0.2) is 0 Å². The van der Waals surface area contributed by atoms with Gasteiger partial charge in [-0.1, -0.05) is 0 Å². The van der Waals surface area contributed by atoms with Crippen LogP contribution in [-0.4, -0.2) is 41.8 Å². The lowest BCUT2D eigenvalue weighted by Gasteiger charge is -2.22. The van der Waals surface area contributed by atoms with Gasteiger partial charge in [0.25, 0.3) is 0 Å². The normalized spacial score (nSPS) is 19.6. The molecule has 1 unspecified atom stereocenters. The van der Waals surface area contributed by atoms with Crippen molar-refractivity contribution in [1.82, 2.24) is 4.90 Å². The molecule has 0 aromatic heterocycles. The molecule has 1 aliphatic rings. The molecule has 1 rings (SSSR count). The zero-order valence-electron chi connectivity index (χ0n) is 9.69. The molecule has 1 heterocycles. The molecule has 0 spiro atoms. The lowest BCUT2D eigenvalue weighted by molar-refractivity contribution is -0.153. The monoisotopic (exact) mass is 227 g/mol. The molecule has 5 heteroatoms. The van der Waals surface area contributed by atoms with Crippen LogP contribution in [-0.2, 0) is 19.1 Å². The van der Waals surface area contributed by atoms with Gasteiger partial charge >= 0.3 is 5.97 Å². The van der Waals surface area contributed by atoms with E-state index in [-0.39, 0.29) is 24.1 Å². The Bertz CT molecular complexity index is 300. The predicted molar refractivity (Wildman–Crippen MR) is 56.7 cm³/mol. The van der Waals surface area contributed by atoms with Crippen molar-refractivity contribution in [1.29, 1.82) is 0 Å². The fourth-order valence-electron chi connectivity index (χ4n) is 1.86. The zero-order chi connectivity index (χ0) is 12.1. The first kappa shape index (κ1) is 12.7. The van der Waals surface area contributed by atoms with Gasteiger partial charge in [0.1, 0.15) is 11.8 Å². The van der Waals surface area contributed by atoms with Gasteiger partial charge in [0, 0.05) is 6.54 Å². The molecule has 0 bridgehead atoms. The summed E-state index contributed by atoms with van der Waals surface area (Å²) >= 11 is 0. The molecule has 90 valence electrons. The average molecular weight is 227 g/mol. The van der Waals surface area contributed by atoms with Crippen molar-refractivity contribution in [3.8, 4) is 0 Å². The minimum absolute atomic E-state index is 0.129. The first-order valence-electron chi connectivity index (χ1n) is 5.51. The summed E-state index contributed by atoms with van der Waals surface area (Å²) in [4.78, 5) is 35.5. The molecule has 0 aromatic carbocycles. The summed E-state index contributed by atoms with van der Waals surface area (Å²) in [6.45, 7) is 3.95. The molecule has 0 aliphatic carbocycles. The lowest BCUT2D eigenvalue weighted by Crippen LogP contribution is -2.41. The van der Waals surface area contributed by atoms with Gasteiger partial charge in [-0.2, -0.15) is 0 Å². The molecule has 1 aliphatic heterocycles. The second-order valence-corrected chi connectivity index (χ2v) is 3.88. The summed E-state index contributed by atoms with van der Waals surface area (Å²) < 4.78 is 4.89. The Morgan fingerprint density at radius 1 is 1.38 bits per heavy atom. The molecule has 1 atom stereocenters. The van der Waals surface area contributed by atoms with Crippen LogP contribution in [0.1, 0.15) is 33.1 Å². The van der Waals surface area contributed by atoms with Crippen LogP contribution in [0.15, 0.2) is 0 Å². The quantitative estimate of drug-likeness (QED) is 0.519. The predicted octanol–water partition coefficient (Wildman–Crippen LogP) is 0.520. The van der Waals surface area contributed by atoms with E-state index in [2.05, 4.69) is 0 Å². The molecule has 0 N–H and O–H groups in total. The minimum Gasteiger partial charge on any atom is -0.464 e. The van der Waals surface area contributed by atoms with Crippen LogP contribution in [0.3, 0.4) is 0 Å². The van der Waals surface area contributed by atoms with Crippen molar-refractivity contribution in [2.75, 3.05) is 13.2 Å². The van der Waals surface area contributed by atoms with Gasteiger partial charge in [0.05, 0.1) is 13.0 Å². The summed E-state index contributed by atoms with van der Waals surface area (Å²) in [6, 6.07) is -0.494. The highest BCUT2D eigenvalue weighted by Crippen LogP contribution is 2.19. The van der Waals surface area contributed by atoms with E-state index in [9.17, 15) is 14.4 Å². The number of likely N-dealkylation sites (tertiary alicyclic amines) is 1. The molecule has 1 fully saturated rings. The fourth-order valence-corrected chi connectivity index (χ4v) is 1.86. The van der Waals surface area contributed by atoms with Crippen molar-refractivity contribution in [2.45, 2.75) is 39.2 Å². The highest BCUT2D eigenvalue weighted by molar-refractivity contribution is 5.98. The number of hydrogen-bond donors (Lipinski definition) is 0. The van der Waals surface area contributed by atoms with E-state index in [1.807, 2.05) is 0 Å². The Morgan fingerprint density at radius 3 is 2.62 bits per heavy atom. The van der Waals surface area contributed by atoms with Gasteiger partial charge in [-0.3, -0.25) is 9.59 Å². The van der Waals surface area contributed by atoms with Gasteiger partial charge in [-0.15, -0.1) is 0 Å². The van der Waals surface area contributed by atoms with Crippen LogP contribution < -0.4 is 0 Å². The number of esters is 1. The van der Waals surface area contributed by atoms with Gasteiger partial charge < -0.3 is 9.64 Å². The number of nitrogens with zero attached hydrogens (tertiary/aromatic N) is 1. The number of hydrogen-bond acceptors (Lipinski definition) is 4. The molecule has 0 aromatic rings. The van der Waals surface area contributed by atoms with Crippen LogP contribution in [0.2, 0.25) is 0 Å². The van der Waals surface area contributed by atoms with E-state index in [1.165, 1.54) is 11.8 Å². The molecule has 1 amide bonds. The van der Waals surface area contributed by atoms with Gasteiger partial charge in [-0.25, -0.2) is 4.79 Å². The Balaban J connectivity index is 2.61. The maximum atomic E-state index is 11.7. The SMILES string of the molecule is CCOC(=O)C1CCCN1C(=O)CC(C)=O. The Labute approximate surface area is 94.7 Å². The van der Waals surface area contributed by atoms with Crippen molar-refractivity contribution < 1.29 is 19.1 Å². The van der Waals surface area contributed by atoms with Crippen LogP contribution in [0, 0.1) is 0 Å².